The molecule has 0 unspecified atom stereocenters. The van der Waals surface area contributed by atoms with E-state index in [1.165, 1.54) is 6.21 Å². The first-order valence-corrected chi connectivity index (χ1v) is 7.76. The molecule has 2 amide bonds. The van der Waals surface area contributed by atoms with Crippen LogP contribution in [0.5, 0.6) is 5.75 Å². The van der Waals surface area contributed by atoms with Gasteiger partial charge in [0, 0.05) is 10.2 Å². The molecule has 0 aliphatic carbocycles. The Morgan fingerprint density at radius 1 is 1.24 bits per heavy atom. The number of carbonyl (C=O) groups is 1. The van der Waals surface area contributed by atoms with E-state index in [0.29, 0.717) is 5.69 Å². The number of urea groups is 1. The lowest BCUT2D eigenvalue weighted by molar-refractivity contribution is 0.252. The number of carbonyl (C=O) groups excluding carboxylic acids is 1. The maximum atomic E-state index is 11.6. The van der Waals surface area contributed by atoms with Gasteiger partial charge in [-0.3, -0.25) is 0 Å². The van der Waals surface area contributed by atoms with Crippen LogP contribution in [0, 0.1) is 3.57 Å². The Morgan fingerprint density at radius 3 is 2.62 bits per heavy atom. The van der Waals surface area contributed by atoms with Crippen LogP contribution in [0.15, 0.2) is 52.0 Å². The van der Waals surface area contributed by atoms with E-state index in [4.69, 9.17) is 0 Å². The Balaban J connectivity index is 1.89. The molecule has 0 fully saturated rings. The highest BCUT2D eigenvalue weighted by Gasteiger charge is 2.00. The van der Waals surface area contributed by atoms with E-state index < -0.39 is 6.03 Å². The highest BCUT2D eigenvalue weighted by Crippen LogP contribution is 2.19. The molecule has 0 atom stereocenters. The number of nitrogens with one attached hydrogen (secondary N) is 2. The molecule has 0 heterocycles. The van der Waals surface area contributed by atoms with Crippen molar-refractivity contribution in [2.45, 2.75) is 0 Å². The molecule has 2 aromatic carbocycles. The van der Waals surface area contributed by atoms with Crippen molar-refractivity contribution in [3.63, 3.8) is 0 Å². The topological polar surface area (TPSA) is 73.7 Å². The molecule has 0 saturated heterocycles. The minimum atomic E-state index is -0.429. The van der Waals surface area contributed by atoms with E-state index >= 15 is 0 Å². The number of hydrazone groups is 1. The van der Waals surface area contributed by atoms with Crippen LogP contribution in [-0.2, 0) is 0 Å². The summed E-state index contributed by atoms with van der Waals surface area (Å²) >= 11 is 5.34. The summed E-state index contributed by atoms with van der Waals surface area (Å²) in [5, 5.41) is 15.9. The Hall–Kier alpha value is -1.61. The molecule has 0 saturated carbocycles. The minimum absolute atomic E-state index is 0.216. The lowest BCUT2D eigenvalue weighted by atomic mass is 10.2. The highest BCUT2D eigenvalue weighted by molar-refractivity contribution is 14.1. The lowest BCUT2D eigenvalue weighted by Crippen LogP contribution is -2.24. The van der Waals surface area contributed by atoms with Gasteiger partial charge in [-0.05, 0) is 70.6 Å². The summed E-state index contributed by atoms with van der Waals surface area (Å²) in [7, 11) is 0. The zero-order chi connectivity index (χ0) is 15.2. The largest absolute Gasteiger partial charge is 0.507 e. The van der Waals surface area contributed by atoms with Crippen LogP contribution < -0.4 is 10.7 Å². The molecule has 0 bridgehead atoms. The van der Waals surface area contributed by atoms with E-state index in [2.05, 4.69) is 31.8 Å². The van der Waals surface area contributed by atoms with E-state index in [1.807, 2.05) is 34.7 Å². The number of aromatic hydroxyl groups is 1. The molecule has 7 heteroatoms. The van der Waals surface area contributed by atoms with Gasteiger partial charge in [0.1, 0.15) is 5.75 Å². The van der Waals surface area contributed by atoms with Crippen molar-refractivity contribution < 1.29 is 9.90 Å². The summed E-state index contributed by atoms with van der Waals surface area (Å²) in [6.45, 7) is 0. The average Bonchev–Trinajstić information content (AvgIpc) is 2.45. The van der Waals surface area contributed by atoms with Crippen LogP contribution in [0.3, 0.4) is 0 Å². The van der Waals surface area contributed by atoms with E-state index in [1.54, 1.807) is 30.3 Å². The SMILES string of the molecule is O=C(N/N=C/c1ccc(O)c(I)c1)Nc1ccc(Br)cc1. The summed E-state index contributed by atoms with van der Waals surface area (Å²) in [5.74, 6) is 0.216. The second-order valence-corrected chi connectivity index (χ2v) is 6.12. The molecular formula is C14H11BrIN3O2. The molecule has 5 nitrogen and oxygen atoms in total. The van der Waals surface area contributed by atoms with Gasteiger partial charge in [0.15, 0.2) is 0 Å². The molecule has 2 aromatic rings. The number of rotatable bonds is 3. The van der Waals surface area contributed by atoms with Crippen LogP contribution in [0.1, 0.15) is 5.56 Å². The number of hydrogen-bond donors (Lipinski definition) is 3. The van der Waals surface area contributed by atoms with Crippen LogP contribution in [0.4, 0.5) is 10.5 Å². The lowest BCUT2D eigenvalue weighted by Gasteiger charge is -2.04. The fourth-order valence-electron chi connectivity index (χ4n) is 1.46. The highest BCUT2D eigenvalue weighted by atomic mass is 127. The summed E-state index contributed by atoms with van der Waals surface area (Å²) in [6.07, 6.45) is 1.50. The Bertz CT molecular complexity index is 674. The van der Waals surface area contributed by atoms with Crippen molar-refractivity contribution >= 4 is 56.5 Å². The van der Waals surface area contributed by atoms with Gasteiger partial charge in [0.05, 0.1) is 9.78 Å². The van der Waals surface area contributed by atoms with Gasteiger partial charge < -0.3 is 10.4 Å². The Morgan fingerprint density at radius 2 is 1.95 bits per heavy atom. The third-order valence-electron chi connectivity index (χ3n) is 2.45. The molecule has 0 radical (unpaired) electrons. The summed E-state index contributed by atoms with van der Waals surface area (Å²) in [6, 6.07) is 11.8. The molecule has 0 aromatic heterocycles. The van der Waals surface area contributed by atoms with Crippen molar-refractivity contribution in [3.8, 4) is 5.75 Å². The first-order chi connectivity index (χ1) is 10.0. The zero-order valence-electron chi connectivity index (χ0n) is 10.7. The van der Waals surface area contributed by atoms with Gasteiger partial charge in [-0.15, -0.1) is 0 Å². The van der Waals surface area contributed by atoms with Crippen molar-refractivity contribution in [1.82, 2.24) is 5.43 Å². The predicted octanol–water partition coefficient (Wildman–Crippen LogP) is 3.91. The number of phenols is 1. The second kappa shape index (κ2) is 7.41. The number of halogens is 2. The third-order valence-corrected chi connectivity index (χ3v) is 3.85. The fourth-order valence-corrected chi connectivity index (χ4v) is 2.26. The third kappa shape index (κ3) is 5.01. The summed E-state index contributed by atoms with van der Waals surface area (Å²) < 4.78 is 1.66. The predicted molar refractivity (Wildman–Crippen MR) is 94.7 cm³/mol. The molecule has 0 aliphatic heterocycles. The van der Waals surface area contributed by atoms with E-state index in [9.17, 15) is 9.90 Å². The van der Waals surface area contributed by atoms with E-state index in [0.717, 1.165) is 13.6 Å². The normalized spacial score (nSPS) is 10.6. The summed E-state index contributed by atoms with van der Waals surface area (Å²) in [5.41, 5.74) is 3.82. The van der Waals surface area contributed by atoms with Gasteiger partial charge in [-0.1, -0.05) is 15.9 Å². The molecule has 0 spiro atoms. The molecule has 108 valence electrons. The second-order valence-electron chi connectivity index (χ2n) is 4.04. The Kier molecular flexibility index (Phi) is 5.57. The fraction of sp³-hybridized carbons (Fsp3) is 0. The van der Waals surface area contributed by atoms with Crippen molar-refractivity contribution in [3.05, 3.63) is 56.1 Å². The quantitative estimate of drug-likeness (QED) is 0.370. The maximum absolute atomic E-state index is 11.6. The average molecular weight is 460 g/mol. The number of anilines is 1. The van der Waals surface area contributed by atoms with Gasteiger partial charge in [0.25, 0.3) is 0 Å². The van der Waals surface area contributed by atoms with Gasteiger partial charge in [-0.25, -0.2) is 10.2 Å². The van der Waals surface area contributed by atoms with Crippen molar-refractivity contribution in [2.24, 2.45) is 5.10 Å². The zero-order valence-corrected chi connectivity index (χ0v) is 14.4. The molecule has 2 rings (SSSR count). The van der Waals surface area contributed by atoms with Gasteiger partial charge in [-0.2, -0.15) is 5.10 Å². The van der Waals surface area contributed by atoms with Gasteiger partial charge >= 0.3 is 6.03 Å². The molecule has 3 N–H and O–H groups in total. The first-order valence-electron chi connectivity index (χ1n) is 5.89. The van der Waals surface area contributed by atoms with E-state index in [-0.39, 0.29) is 5.75 Å². The molecule has 0 aliphatic rings. The number of hydrogen-bond acceptors (Lipinski definition) is 3. The van der Waals surface area contributed by atoms with Crippen LogP contribution in [0.2, 0.25) is 0 Å². The Labute approximate surface area is 143 Å². The monoisotopic (exact) mass is 459 g/mol. The number of amides is 2. The van der Waals surface area contributed by atoms with Crippen LogP contribution in [0.25, 0.3) is 0 Å². The van der Waals surface area contributed by atoms with Crippen LogP contribution in [-0.4, -0.2) is 17.4 Å². The van der Waals surface area contributed by atoms with Crippen LogP contribution >= 0.6 is 38.5 Å². The number of nitrogens with zero attached hydrogens (tertiary/aromatic N) is 1. The van der Waals surface area contributed by atoms with Gasteiger partial charge in [0.2, 0.25) is 0 Å². The first kappa shape index (κ1) is 15.8. The minimum Gasteiger partial charge on any atom is -0.507 e. The molecular weight excluding hydrogens is 449 g/mol. The smallest absolute Gasteiger partial charge is 0.339 e. The van der Waals surface area contributed by atoms with Crippen molar-refractivity contribution in [1.29, 1.82) is 0 Å². The molecule has 21 heavy (non-hydrogen) atoms. The van der Waals surface area contributed by atoms with Crippen molar-refractivity contribution in [2.75, 3.05) is 5.32 Å². The maximum Gasteiger partial charge on any atom is 0.339 e. The standard InChI is InChI=1S/C14H11BrIN3O2/c15-10-2-4-11(5-3-10)18-14(21)19-17-8-9-1-6-13(20)12(16)7-9/h1-8,20H,(H2,18,19,21)/b17-8+. The number of phenolic OH excluding ortho intramolecular Hbond substituents is 1. The summed E-state index contributed by atoms with van der Waals surface area (Å²) in [4.78, 5) is 11.6. The number of benzene rings is 2.